The van der Waals surface area contributed by atoms with Crippen molar-refractivity contribution < 1.29 is 9.13 Å². The maximum atomic E-state index is 12.6. The van der Waals surface area contributed by atoms with Gasteiger partial charge in [0.25, 0.3) is 0 Å². The number of nitrogens with one attached hydrogen (secondary N) is 1. The second-order valence-corrected chi connectivity index (χ2v) is 3.63. The fourth-order valence-electron chi connectivity index (χ4n) is 1.37. The maximum Gasteiger partial charge on any atom is 0.123 e. The van der Waals surface area contributed by atoms with Crippen molar-refractivity contribution in [1.82, 2.24) is 5.32 Å². The molecule has 2 nitrogen and oxygen atoms in total. The molecule has 3 heteroatoms. The van der Waals surface area contributed by atoms with Crippen LogP contribution in [0.1, 0.15) is 19.8 Å². The van der Waals surface area contributed by atoms with Crippen LogP contribution in [0.4, 0.5) is 4.39 Å². The van der Waals surface area contributed by atoms with Gasteiger partial charge in [-0.05, 0) is 57.6 Å². The quantitative estimate of drug-likeness (QED) is 0.730. The second kappa shape index (κ2) is 6.40. The highest BCUT2D eigenvalue weighted by molar-refractivity contribution is 5.22. The number of ether oxygens (including phenoxy) is 1. The van der Waals surface area contributed by atoms with Crippen molar-refractivity contribution in [2.45, 2.75) is 25.9 Å². The number of benzene rings is 1. The first kappa shape index (κ1) is 12.0. The molecule has 0 aliphatic heterocycles. The first-order valence-electron chi connectivity index (χ1n) is 5.29. The van der Waals surface area contributed by atoms with E-state index in [0.717, 1.165) is 25.1 Å². The highest BCUT2D eigenvalue weighted by atomic mass is 19.1. The molecule has 0 aliphatic rings. The van der Waals surface area contributed by atoms with Crippen LogP contribution in [0.2, 0.25) is 0 Å². The van der Waals surface area contributed by atoms with Gasteiger partial charge in [0.1, 0.15) is 11.6 Å². The SMILES string of the molecule is CNCCCC(C)Oc1ccc(F)cc1. The van der Waals surface area contributed by atoms with Crippen molar-refractivity contribution in [2.75, 3.05) is 13.6 Å². The molecule has 0 spiro atoms. The van der Waals surface area contributed by atoms with Crippen molar-refractivity contribution in [3.63, 3.8) is 0 Å². The molecule has 1 rings (SSSR count). The fraction of sp³-hybridized carbons (Fsp3) is 0.500. The highest BCUT2D eigenvalue weighted by Crippen LogP contribution is 2.14. The Morgan fingerprint density at radius 3 is 2.60 bits per heavy atom. The first-order valence-corrected chi connectivity index (χ1v) is 5.29. The summed E-state index contributed by atoms with van der Waals surface area (Å²) in [6.45, 7) is 3.02. The lowest BCUT2D eigenvalue weighted by atomic mass is 10.2. The minimum atomic E-state index is -0.231. The molecule has 1 aromatic rings. The van der Waals surface area contributed by atoms with Crippen LogP contribution in [0.15, 0.2) is 24.3 Å². The van der Waals surface area contributed by atoms with Gasteiger partial charge in [-0.1, -0.05) is 0 Å². The lowest BCUT2D eigenvalue weighted by molar-refractivity contribution is 0.207. The van der Waals surface area contributed by atoms with E-state index in [4.69, 9.17) is 4.74 Å². The molecule has 15 heavy (non-hydrogen) atoms. The van der Waals surface area contributed by atoms with Gasteiger partial charge in [-0.15, -0.1) is 0 Å². The molecular formula is C12H18FNO. The van der Waals surface area contributed by atoms with Crippen molar-refractivity contribution in [3.05, 3.63) is 30.1 Å². The summed E-state index contributed by atoms with van der Waals surface area (Å²) in [5, 5.41) is 3.09. The summed E-state index contributed by atoms with van der Waals surface area (Å²) >= 11 is 0. The average molecular weight is 211 g/mol. The second-order valence-electron chi connectivity index (χ2n) is 3.63. The van der Waals surface area contributed by atoms with E-state index in [-0.39, 0.29) is 11.9 Å². The Kier molecular flexibility index (Phi) is 5.12. The van der Waals surface area contributed by atoms with E-state index < -0.39 is 0 Å². The van der Waals surface area contributed by atoms with Crippen LogP contribution < -0.4 is 10.1 Å². The number of rotatable bonds is 6. The van der Waals surface area contributed by atoms with Gasteiger partial charge in [0.2, 0.25) is 0 Å². The molecule has 0 saturated carbocycles. The summed E-state index contributed by atoms with van der Waals surface area (Å²) in [6, 6.07) is 6.14. The third-order valence-electron chi connectivity index (χ3n) is 2.19. The molecule has 0 fully saturated rings. The molecule has 0 bridgehead atoms. The minimum absolute atomic E-state index is 0.170. The number of hydrogen-bond acceptors (Lipinski definition) is 2. The standard InChI is InChI=1S/C12H18FNO/c1-10(4-3-9-14-2)15-12-7-5-11(13)6-8-12/h5-8,10,14H,3-4,9H2,1-2H3. The van der Waals surface area contributed by atoms with E-state index >= 15 is 0 Å². The van der Waals surface area contributed by atoms with Gasteiger partial charge in [-0.2, -0.15) is 0 Å². The Balaban J connectivity index is 2.31. The summed E-state index contributed by atoms with van der Waals surface area (Å²) < 4.78 is 18.2. The topological polar surface area (TPSA) is 21.3 Å². The molecule has 0 aromatic heterocycles. The predicted octanol–water partition coefficient (Wildman–Crippen LogP) is 2.59. The zero-order valence-electron chi connectivity index (χ0n) is 9.29. The Labute approximate surface area is 90.4 Å². The molecule has 1 N–H and O–H groups in total. The van der Waals surface area contributed by atoms with Crippen LogP contribution in [-0.4, -0.2) is 19.7 Å². The van der Waals surface area contributed by atoms with E-state index in [1.165, 1.54) is 12.1 Å². The molecule has 0 aliphatic carbocycles. The van der Waals surface area contributed by atoms with Crippen LogP contribution in [-0.2, 0) is 0 Å². The molecular weight excluding hydrogens is 193 g/mol. The summed E-state index contributed by atoms with van der Waals surface area (Å²) in [5.74, 6) is 0.499. The minimum Gasteiger partial charge on any atom is -0.491 e. The molecule has 0 radical (unpaired) electrons. The van der Waals surface area contributed by atoms with Gasteiger partial charge < -0.3 is 10.1 Å². The largest absolute Gasteiger partial charge is 0.491 e. The summed E-state index contributed by atoms with van der Waals surface area (Å²) in [4.78, 5) is 0. The summed E-state index contributed by atoms with van der Waals surface area (Å²) in [5.41, 5.74) is 0. The Morgan fingerprint density at radius 1 is 1.33 bits per heavy atom. The highest BCUT2D eigenvalue weighted by Gasteiger charge is 2.03. The van der Waals surface area contributed by atoms with Gasteiger partial charge in [-0.25, -0.2) is 4.39 Å². The zero-order valence-corrected chi connectivity index (χ0v) is 9.29. The average Bonchev–Trinajstić information content (AvgIpc) is 2.22. The van der Waals surface area contributed by atoms with E-state index in [0.29, 0.717) is 0 Å². The molecule has 0 amide bonds. The maximum absolute atomic E-state index is 12.6. The van der Waals surface area contributed by atoms with Crippen molar-refractivity contribution >= 4 is 0 Å². The summed E-state index contributed by atoms with van der Waals surface area (Å²) in [6.07, 6.45) is 2.25. The smallest absolute Gasteiger partial charge is 0.123 e. The lowest BCUT2D eigenvalue weighted by Crippen LogP contribution is -2.15. The predicted molar refractivity (Wildman–Crippen MR) is 59.7 cm³/mol. The molecule has 1 unspecified atom stereocenters. The Hall–Kier alpha value is -1.09. The van der Waals surface area contributed by atoms with Gasteiger partial charge in [0.15, 0.2) is 0 Å². The van der Waals surface area contributed by atoms with Crippen molar-refractivity contribution in [3.8, 4) is 5.75 Å². The normalized spacial score (nSPS) is 12.5. The van der Waals surface area contributed by atoms with E-state index in [1.54, 1.807) is 12.1 Å². The van der Waals surface area contributed by atoms with Crippen molar-refractivity contribution in [1.29, 1.82) is 0 Å². The first-order chi connectivity index (χ1) is 7.22. The lowest BCUT2D eigenvalue weighted by Gasteiger charge is -2.14. The fourth-order valence-corrected chi connectivity index (χ4v) is 1.37. The van der Waals surface area contributed by atoms with E-state index in [1.807, 2.05) is 14.0 Å². The van der Waals surface area contributed by atoms with E-state index in [9.17, 15) is 4.39 Å². The number of halogens is 1. The van der Waals surface area contributed by atoms with Crippen molar-refractivity contribution in [2.24, 2.45) is 0 Å². The zero-order chi connectivity index (χ0) is 11.1. The molecule has 84 valence electrons. The Bertz CT molecular complexity index is 273. The van der Waals surface area contributed by atoms with Gasteiger partial charge in [0.05, 0.1) is 6.10 Å². The van der Waals surface area contributed by atoms with Crippen LogP contribution in [0.5, 0.6) is 5.75 Å². The van der Waals surface area contributed by atoms with Gasteiger partial charge >= 0.3 is 0 Å². The molecule has 1 aromatic carbocycles. The van der Waals surface area contributed by atoms with Crippen LogP contribution in [0.25, 0.3) is 0 Å². The third kappa shape index (κ3) is 4.79. The molecule has 0 heterocycles. The molecule has 1 atom stereocenters. The number of hydrogen-bond donors (Lipinski definition) is 1. The Morgan fingerprint density at radius 2 is 2.00 bits per heavy atom. The van der Waals surface area contributed by atoms with E-state index in [2.05, 4.69) is 5.32 Å². The molecule has 0 saturated heterocycles. The third-order valence-corrected chi connectivity index (χ3v) is 2.19. The van der Waals surface area contributed by atoms with Crippen LogP contribution in [0, 0.1) is 5.82 Å². The summed E-state index contributed by atoms with van der Waals surface area (Å²) in [7, 11) is 1.94. The monoisotopic (exact) mass is 211 g/mol. The van der Waals surface area contributed by atoms with Crippen LogP contribution >= 0.6 is 0 Å². The van der Waals surface area contributed by atoms with Crippen LogP contribution in [0.3, 0.4) is 0 Å². The van der Waals surface area contributed by atoms with Gasteiger partial charge in [0, 0.05) is 0 Å². The van der Waals surface area contributed by atoms with Gasteiger partial charge in [-0.3, -0.25) is 0 Å².